The van der Waals surface area contributed by atoms with Gasteiger partial charge in [0.05, 0.1) is 13.5 Å². The Balaban J connectivity index is 2.62. The van der Waals surface area contributed by atoms with E-state index in [0.29, 0.717) is 12.1 Å². The van der Waals surface area contributed by atoms with E-state index < -0.39 is 11.7 Å². The van der Waals surface area contributed by atoms with Crippen LogP contribution in [0.2, 0.25) is 0 Å². The van der Waals surface area contributed by atoms with Crippen LogP contribution in [0.1, 0.15) is 45.6 Å². The average Bonchev–Trinajstić information content (AvgIpc) is 2.93. The van der Waals surface area contributed by atoms with Crippen molar-refractivity contribution in [2.75, 3.05) is 7.11 Å². The minimum atomic E-state index is -1.21. The van der Waals surface area contributed by atoms with Crippen LogP contribution in [0.15, 0.2) is 33.7 Å². The summed E-state index contributed by atoms with van der Waals surface area (Å²) in [4.78, 5) is 29.2. The van der Waals surface area contributed by atoms with Crippen LogP contribution >= 0.6 is 15.9 Å². The number of carbonyl (C=O) groups is 2. The lowest BCUT2D eigenvalue weighted by molar-refractivity contribution is -0.159. The van der Waals surface area contributed by atoms with Crippen LogP contribution in [0.25, 0.3) is 0 Å². The number of ether oxygens (including phenoxy) is 2. The Labute approximate surface area is 156 Å². The van der Waals surface area contributed by atoms with Gasteiger partial charge < -0.3 is 9.47 Å². The minimum absolute atomic E-state index is 0.0581. The maximum absolute atomic E-state index is 12.5. The third-order valence-corrected chi connectivity index (χ3v) is 5.07. The monoisotopic (exact) mass is 409 g/mol. The van der Waals surface area contributed by atoms with E-state index >= 15 is 0 Å². The van der Waals surface area contributed by atoms with Gasteiger partial charge in [0.1, 0.15) is 5.71 Å². The first-order valence-electron chi connectivity index (χ1n) is 8.50. The molecule has 6 heteroatoms. The topological polar surface area (TPSA) is 65.0 Å². The lowest BCUT2D eigenvalue weighted by Gasteiger charge is -2.34. The number of methoxy groups -OCH3 is 1. The van der Waals surface area contributed by atoms with Gasteiger partial charge in [0.15, 0.2) is 0 Å². The Hall–Kier alpha value is -1.69. The summed E-state index contributed by atoms with van der Waals surface area (Å²) >= 11 is 3.54. The lowest BCUT2D eigenvalue weighted by atomic mass is 9.83. The Morgan fingerprint density at radius 3 is 2.56 bits per heavy atom. The van der Waals surface area contributed by atoms with Crippen molar-refractivity contribution >= 4 is 33.6 Å². The minimum Gasteiger partial charge on any atom is -0.469 e. The van der Waals surface area contributed by atoms with Crippen molar-refractivity contribution in [3.05, 3.63) is 34.3 Å². The third kappa shape index (κ3) is 3.94. The van der Waals surface area contributed by atoms with Crippen molar-refractivity contribution < 1.29 is 19.1 Å². The summed E-state index contributed by atoms with van der Waals surface area (Å²) < 4.78 is 11.5. The molecule has 0 N–H and O–H groups in total. The summed E-state index contributed by atoms with van der Waals surface area (Å²) in [6.45, 7) is 5.85. The number of esters is 2. The van der Waals surface area contributed by atoms with E-state index in [1.54, 1.807) is 0 Å². The fourth-order valence-corrected chi connectivity index (χ4v) is 3.71. The first-order chi connectivity index (χ1) is 11.9. The van der Waals surface area contributed by atoms with Crippen LogP contribution < -0.4 is 0 Å². The molecule has 1 heterocycles. The molecule has 0 fully saturated rings. The first-order valence-corrected chi connectivity index (χ1v) is 9.29. The molecule has 1 aromatic carbocycles. The van der Waals surface area contributed by atoms with Crippen LogP contribution in [0.3, 0.4) is 0 Å². The second kappa shape index (κ2) is 8.13. The van der Waals surface area contributed by atoms with Gasteiger partial charge in [-0.25, -0.2) is 9.79 Å². The Morgan fingerprint density at radius 2 is 2.04 bits per heavy atom. The van der Waals surface area contributed by atoms with Gasteiger partial charge >= 0.3 is 11.9 Å². The molecular formula is C19H24BrNO4. The average molecular weight is 410 g/mol. The van der Waals surface area contributed by atoms with Gasteiger partial charge in [-0.05, 0) is 12.5 Å². The summed E-state index contributed by atoms with van der Waals surface area (Å²) in [6, 6.07) is 7.53. The van der Waals surface area contributed by atoms with Gasteiger partial charge in [0, 0.05) is 21.9 Å². The fraction of sp³-hybridized carbons (Fsp3) is 0.526. The highest BCUT2D eigenvalue weighted by molar-refractivity contribution is 9.10. The molecule has 1 aliphatic heterocycles. The van der Waals surface area contributed by atoms with E-state index in [1.165, 1.54) is 7.11 Å². The van der Waals surface area contributed by atoms with Crippen LogP contribution in [0, 0.1) is 11.8 Å². The predicted molar refractivity (Wildman–Crippen MR) is 99.2 cm³/mol. The predicted octanol–water partition coefficient (Wildman–Crippen LogP) is 4.24. The van der Waals surface area contributed by atoms with Gasteiger partial charge in [0.25, 0.3) is 0 Å². The molecule has 0 amide bonds. The molecule has 0 aliphatic carbocycles. The van der Waals surface area contributed by atoms with Crippen LogP contribution in [-0.2, 0) is 24.8 Å². The van der Waals surface area contributed by atoms with Crippen molar-refractivity contribution in [1.82, 2.24) is 0 Å². The summed E-state index contributed by atoms with van der Waals surface area (Å²) in [5.74, 6) is -1.12. The van der Waals surface area contributed by atoms with E-state index in [-0.39, 0.29) is 24.2 Å². The van der Waals surface area contributed by atoms with E-state index in [0.717, 1.165) is 16.5 Å². The molecule has 0 saturated heterocycles. The fourth-order valence-electron chi connectivity index (χ4n) is 3.14. The number of halogens is 1. The SMILES string of the molecule is CCC[C@H](CC(=O)OC)[C@@]1(c2ccccc2Br)N=C(C(C)C)C(=O)O1. The highest BCUT2D eigenvalue weighted by Gasteiger charge is 2.51. The number of nitrogens with zero attached hydrogens (tertiary/aromatic N) is 1. The Bertz CT molecular complexity index is 686. The maximum Gasteiger partial charge on any atom is 0.355 e. The molecule has 0 unspecified atom stereocenters. The molecular weight excluding hydrogens is 386 g/mol. The second-order valence-electron chi connectivity index (χ2n) is 6.48. The Kier molecular flexibility index (Phi) is 6.38. The third-order valence-electron chi connectivity index (χ3n) is 4.38. The molecule has 2 rings (SSSR count). The molecule has 5 nitrogen and oxygen atoms in total. The van der Waals surface area contributed by atoms with Crippen LogP contribution in [-0.4, -0.2) is 24.8 Å². The summed E-state index contributed by atoms with van der Waals surface area (Å²) in [7, 11) is 1.36. The molecule has 1 aromatic rings. The first kappa shape index (κ1) is 19.6. The molecule has 0 radical (unpaired) electrons. The zero-order chi connectivity index (χ0) is 18.6. The van der Waals surface area contributed by atoms with Crippen molar-refractivity contribution in [3.8, 4) is 0 Å². The molecule has 0 saturated carbocycles. The normalized spacial score (nSPS) is 21.0. The molecule has 0 aromatic heterocycles. The summed E-state index contributed by atoms with van der Waals surface area (Å²) in [5, 5.41) is 0. The highest BCUT2D eigenvalue weighted by atomic mass is 79.9. The van der Waals surface area contributed by atoms with E-state index in [2.05, 4.69) is 15.9 Å². The zero-order valence-corrected chi connectivity index (χ0v) is 16.6. The number of rotatable bonds is 7. The number of hydrogen-bond donors (Lipinski definition) is 0. The smallest absolute Gasteiger partial charge is 0.355 e. The highest BCUT2D eigenvalue weighted by Crippen LogP contribution is 2.46. The van der Waals surface area contributed by atoms with Crippen molar-refractivity contribution in [1.29, 1.82) is 0 Å². The van der Waals surface area contributed by atoms with Gasteiger partial charge in [0.2, 0.25) is 5.72 Å². The number of cyclic esters (lactones) is 1. The molecule has 0 spiro atoms. The molecule has 2 atom stereocenters. The van der Waals surface area contributed by atoms with Gasteiger partial charge in [-0.2, -0.15) is 0 Å². The second-order valence-corrected chi connectivity index (χ2v) is 7.34. The van der Waals surface area contributed by atoms with E-state index in [9.17, 15) is 9.59 Å². The number of benzene rings is 1. The van der Waals surface area contributed by atoms with Crippen molar-refractivity contribution in [2.45, 2.75) is 45.8 Å². The van der Waals surface area contributed by atoms with Crippen LogP contribution in [0.5, 0.6) is 0 Å². The van der Waals surface area contributed by atoms with Crippen LogP contribution in [0.4, 0.5) is 0 Å². The standard InChI is InChI=1S/C19H24BrNO4/c1-5-8-13(11-16(22)24-4)19(14-9-6-7-10-15(14)20)21-17(12(2)3)18(23)25-19/h6-7,9-10,12-13H,5,8,11H2,1-4H3/t13-,19-/m1/s1. The van der Waals surface area contributed by atoms with Crippen molar-refractivity contribution in [2.24, 2.45) is 16.8 Å². The van der Waals surface area contributed by atoms with E-state index in [1.807, 2.05) is 45.0 Å². The van der Waals surface area contributed by atoms with Gasteiger partial charge in [-0.1, -0.05) is 61.3 Å². The largest absolute Gasteiger partial charge is 0.469 e. The van der Waals surface area contributed by atoms with Crippen molar-refractivity contribution in [3.63, 3.8) is 0 Å². The molecule has 1 aliphatic rings. The Morgan fingerprint density at radius 1 is 1.36 bits per heavy atom. The molecule has 136 valence electrons. The summed E-state index contributed by atoms with van der Waals surface area (Å²) in [5.41, 5.74) is -0.0517. The lowest BCUT2D eigenvalue weighted by Crippen LogP contribution is -2.36. The molecule has 0 bridgehead atoms. The van der Waals surface area contributed by atoms with Gasteiger partial charge in [-0.3, -0.25) is 4.79 Å². The number of hydrogen-bond acceptors (Lipinski definition) is 5. The molecule has 25 heavy (non-hydrogen) atoms. The maximum atomic E-state index is 12.5. The summed E-state index contributed by atoms with van der Waals surface area (Å²) in [6.07, 6.45) is 1.64. The quantitative estimate of drug-likeness (QED) is 0.631. The number of carbonyl (C=O) groups excluding carboxylic acids is 2. The van der Waals surface area contributed by atoms with Gasteiger partial charge in [-0.15, -0.1) is 0 Å². The van der Waals surface area contributed by atoms with E-state index in [4.69, 9.17) is 14.5 Å². The zero-order valence-electron chi connectivity index (χ0n) is 15.0. The number of aliphatic imine (C=N–C) groups is 1.